The van der Waals surface area contributed by atoms with Crippen molar-refractivity contribution in [3.8, 4) is 0 Å². The number of benzene rings is 1. The third-order valence-electron chi connectivity index (χ3n) is 3.51. The third kappa shape index (κ3) is 4.02. The number of carbonyl (C=O) groups excluding carboxylic acids is 1. The van der Waals surface area contributed by atoms with Crippen LogP contribution in [0.1, 0.15) is 25.3 Å². The lowest BCUT2D eigenvalue weighted by atomic mass is 10.1. The molecule has 0 spiro atoms. The van der Waals surface area contributed by atoms with Gasteiger partial charge in [-0.05, 0) is 43.9 Å². The Hall–Kier alpha value is -1.46. The lowest BCUT2D eigenvalue weighted by molar-refractivity contribution is -0.132. The maximum atomic E-state index is 12.8. The van der Waals surface area contributed by atoms with Crippen molar-refractivity contribution in [2.45, 2.75) is 44.4 Å². The van der Waals surface area contributed by atoms with E-state index in [2.05, 4.69) is 5.32 Å². The van der Waals surface area contributed by atoms with Gasteiger partial charge in [0.2, 0.25) is 5.91 Å². The smallest absolute Gasteiger partial charge is 0.249 e. The Kier molecular flexibility index (Phi) is 5.09. The summed E-state index contributed by atoms with van der Waals surface area (Å²) in [6, 6.07) is 6.29. The molecule has 20 heavy (non-hydrogen) atoms. The van der Waals surface area contributed by atoms with E-state index in [1.807, 2.05) is 6.92 Å². The van der Waals surface area contributed by atoms with Crippen molar-refractivity contribution in [3.05, 3.63) is 35.6 Å². The number of halogens is 1. The van der Waals surface area contributed by atoms with E-state index in [1.54, 1.807) is 12.1 Å². The van der Waals surface area contributed by atoms with Crippen LogP contribution >= 0.6 is 0 Å². The van der Waals surface area contributed by atoms with E-state index < -0.39 is 0 Å². The van der Waals surface area contributed by atoms with Crippen LogP contribution in [0.4, 0.5) is 4.39 Å². The Bertz CT molecular complexity index is 450. The summed E-state index contributed by atoms with van der Waals surface area (Å²) in [6.45, 7) is 2.38. The highest BCUT2D eigenvalue weighted by molar-refractivity contribution is 5.81. The zero-order valence-electron chi connectivity index (χ0n) is 11.6. The average molecular weight is 280 g/mol. The van der Waals surface area contributed by atoms with E-state index in [4.69, 9.17) is 10.5 Å². The molecular weight excluding hydrogens is 259 g/mol. The number of rotatable bonds is 5. The van der Waals surface area contributed by atoms with Crippen LogP contribution in [0.3, 0.4) is 0 Å². The molecule has 1 aliphatic rings. The summed E-state index contributed by atoms with van der Waals surface area (Å²) in [6.07, 6.45) is 1.83. The van der Waals surface area contributed by atoms with Gasteiger partial charge >= 0.3 is 0 Å². The van der Waals surface area contributed by atoms with Crippen LogP contribution < -0.4 is 11.1 Å². The lowest BCUT2D eigenvalue weighted by Crippen LogP contribution is -2.41. The Morgan fingerprint density at radius 2 is 2.15 bits per heavy atom. The van der Waals surface area contributed by atoms with E-state index in [0.717, 1.165) is 18.4 Å². The summed E-state index contributed by atoms with van der Waals surface area (Å²) in [5, 5.41) is 2.93. The second kappa shape index (κ2) is 6.81. The highest BCUT2D eigenvalue weighted by atomic mass is 19.1. The molecule has 1 aromatic rings. The van der Waals surface area contributed by atoms with Gasteiger partial charge in [-0.25, -0.2) is 4.39 Å². The number of carbonyl (C=O) groups is 1. The van der Waals surface area contributed by atoms with Crippen LogP contribution in [0.15, 0.2) is 24.3 Å². The number of hydrogen-bond acceptors (Lipinski definition) is 3. The minimum Gasteiger partial charge on any atom is -0.364 e. The SMILES string of the molecule is CC(Cc1ccc(F)cc1)NC(=O)C1CCC(CN)O1. The summed E-state index contributed by atoms with van der Waals surface area (Å²) >= 11 is 0. The first-order valence-electron chi connectivity index (χ1n) is 6.99. The van der Waals surface area contributed by atoms with Gasteiger partial charge in [0.1, 0.15) is 11.9 Å². The quantitative estimate of drug-likeness (QED) is 0.856. The van der Waals surface area contributed by atoms with E-state index in [9.17, 15) is 9.18 Å². The fourth-order valence-corrected chi connectivity index (χ4v) is 2.43. The molecule has 1 fully saturated rings. The lowest BCUT2D eigenvalue weighted by Gasteiger charge is -2.17. The molecule has 0 saturated carbocycles. The van der Waals surface area contributed by atoms with Gasteiger partial charge in [0.05, 0.1) is 6.10 Å². The molecule has 0 bridgehead atoms. The summed E-state index contributed by atoms with van der Waals surface area (Å²) < 4.78 is 18.4. The second-order valence-electron chi connectivity index (χ2n) is 5.30. The molecule has 1 saturated heterocycles. The standard InChI is InChI=1S/C15H21FN2O2/c1-10(8-11-2-4-12(16)5-3-11)18-15(19)14-7-6-13(9-17)20-14/h2-5,10,13-14H,6-9,17H2,1H3,(H,18,19). The molecule has 0 radical (unpaired) electrons. The second-order valence-corrected chi connectivity index (χ2v) is 5.30. The van der Waals surface area contributed by atoms with Gasteiger partial charge in [0.25, 0.3) is 0 Å². The summed E-state index contributed by atoms with van der Waals surface area (Å²) in [5.41, 5.74) is 6.52. The zero-order chi connectivity index (χ0) is 14.5. The van der Waals surface area contributed by atoms with Crippen molar-refractivity contribution in [1.82, 2.24) is 5.32 Å². The molecule has 0 aromatic heterocycles. The fraction of sp³-hybridized carbons (Fsp3) is 0.533. The first kappa shape index (κ1) is 14.9. The molecule has 5 heteroatoms. The van der Waals surface area contributed by atoms with Crippen LogP contribution in [0, 0.1) is 5.82 Å². The van der Waals surface area contributed by atoms with Crippen LogP contribution in [-0.4, -0.2) is 30.7 Å². The normalized spacial score (nSPS) is 23.6. The Balaban J connectivity index is 1.80. The van der Waals surface area contributed by atoms with E-state index >= 15 is 0 Å². The van der Waals surface area contributed by atoms with Crippen LogP contribution in [0.25, 0.3) is 0 Å². The monoisotopic (exact) mass is 280 g/mol. The van der Waals surface area contributed by atoms with Gasteiger partial charge < -0.3 is 15.8 Å². The van der Waals surface area contributed by atoms with Gasteiger partial charge in [-0.2, -0.15) is 0 Å². The Labute approximate surface area is 118 Å². The molecule has 110 valence electrons. The Morgan fingerprint density at radius 3 is 2.75 bits per heavy atom. The van der Waals surface area contributed by atoms with Crippen molar-refractivity contribution >= 4 is 5.91 Å². The van der Waals surface area contributed by atoms with Crippen molar-refractivity contribution in [2.75, 3.05) is 6.54 Å². The molecule has 3 atom stereocenters. The molecule has 4 nitrogen and oxygen atoms in total. The molecule has 1 heterocycles. The van der Waals surface area contributed by atoms with Crippen LogP contribution in [-0.2, 0) is 16.0 Å². The number of nitrogens with two attached hydrogens (primary N) is 1. The highest BCUT2D eigenvalue weighted by Gasteiger charge is 2.30. The number of hydrogen-bond donors (Lipinski definition) is 2. The minimum absolute atomic E-state index is 0.00171. The zero-order valence-corrected chi connectivity index (χ0v) is 11.6. The van der Waals surface area contributed by atoms with Gasteiger partial charge in [0.15, 0.2) is 0 Å². The summed E-state index contributed by atoms with van der Waals surface area (Å²) in [4.78, 5) is 12.0. The van der Waals surface area contributed by atoms with Crippen LogP contribution in [0.5, 0.6) is 0 Å². The Morgan fingerprint density at radius 1 is 1.45 bits per heavy atom. The number of ether oxygens (including phenoxy) is 1. The predicted molar refractivity (Wildman–Crippen MR) is 74.7 cm³/mol. The van der Waals surface area contributed by atoms with Gasteiger partial charge in [-0.1, -0.05) is 12.1 Å². The molecule has 1 aliphatic heterocycles. The van der Waals surface area contributed by atoms with Crippen molar-refractivity contribution in [1.29, 1.82) is 0 Å². The van der Waals surface area contributed by atoms with Gasteiger partial charge in [-0.3, -0.25) is 4.79 Å². The van der Waals surface area contributed by atoms with E-state index in [1.165, 1.54) is 12.1 Å². The topological polar surface area (TPSA) is 64.4 Å². The highest BCUT2D eigenvalue weighted by Crippen LogP contribution is 2.19. The molecule has 3 N–H and O–H groups in total. The fourth-order valence-electron chi connectivity index (χ4n) is 2.43. The van der Waals surface area contributed by atoms with E-state index in [0.29, 0.717) is 13.0 Å². The van der Waals surface area contributed by atoms with Gasteiger partial charge in [0, 0.05) is 12.6 Å². The predicted octanol–water partition coefficient (Wildman–Crippen LogP) is 1.38. The van der Waals surface area contributed by atoms with E-state index in [-0.39, 0.29) is 30.0 Å². The largest absolute Gasteiger partial charge is 0.364 e. The molecule has 1 aromatic carbocycles. The summed E-state index contributed by atoms with van der Waals surface area (Å²) in [5.74, 6) is -0.340. The average Bonchev–Trinajstić information content (AvgIpc) is 2.90. The van der Waals surface area contributed by atoms with Gasteiger partial charge in [-0.15, -0.1) is 0 Å². The van der Waals surface area contributed by atoms with Crippen molar-refractivity contribution < 1.29 is 13.9 Å². The molecule has 2 rings (SSSR count). The first-order chi connectivity index (χ1) is 9.58. The molecule has 3 unspecified atom stereocenters. The number of amides is 1. The third-order valence-corrected chi connectivity index (χ3v) is 3.51. The van der Waals surface area contributed by atoms with Crippen LogP contribution in [0.2, 0.25) is 0 Å². The first-order valence-corrected chi connectivity index (χ1v) is 6.99. The minimum atomic E-state index is -0.390. The molecule has 1 amide bonds. The summed E-state index contributed by atoms with van der Waals surface area (Å²) in [7, 11) is 0. The maximum absolute atomic E-state index is 12.8. The molecule has 0 aliphatic carbocycles. The van der Waals surface area contributed by atoms with Crippen molar-refractivity contribution in [2.24, 2.45) is 5.73 Å². The van der Waals surface area contributed by atoms with Crippen molar-refractivity contribution in [3.63, 3.8) is 0 Å². The number of nitrogens with one attached hydrogen (secondary N) is 1. The maximum Gasteiger partial charge on any atom is 0.249 e. The molecular formula is C15H21FN2O2.